The molecule has 0 aromatic heterocycles. The first kappa shape index (κ1) is 4.37. The van der Waals surface area contributed by atoms with Crippen molar-refractivity contribution in [2.75, 3.05) is 0 Å². The zero-order valence-corrected chi connectivity index (χ0v) is 4.44. The van der Waals surface area contributed by atoms with Crippen molar-refractivity contribution >= 4 is 24.0 Å². The average molecular weight is 121 g/mol. The van der Waals surface area contributed by atoms with Crippen LogP contribution in [0.15, 0.2) is 20.0 Å². The van der Waals surface area contributed by atoms with E-state index in [1.165, 1.54) is 6.34 Å². The van der Waals surface area contributed by atoms with Crippen molar-refractivity contribution in [2.45, 2.75) is 0 Å². The Morgan fingerprint density at radius 3 is 2.89 bits per heavy atom. The Bertz CT molecular complexity index is 269. The van der Waals surface area contributed by atoms with Crippen LogP contribution in [0.2, 0.25) is 0 Å². The van der Waals surface area contributed by atoms with E-state index in [1.54, 1.807) is 0 Å². The Morgan fingerprint density at radius 2 is 2.11 bits per heavy atom. The van der Waals surface area contributed by atoms with Crippen LogP contribution in [0.5, 0.6) is 0 Å². The normalized spacial score (nSPS) is 21.1. The van der Waals surface area contributed by atoms with Crippen LogP contribution in [-0.4, -0.2) is 24.0 Å². The third-order valence-electron chi connectivity index (χ3n) is 1.00. The summed E-state index contributed by atoms with van der Waals surface area (Å²) in [5.74, 6) is 1.28. The molecule has 0 atom stereocenters. The molecule has 0 bridgehead atoms. The van der Waals surface area contributed by atoms with Crippen molar-refractivity contribution in [2.24, 2.45) is 25.7 Å². The fourth-order valence-electron chi connectivity index (χ4n) is 0.653. The molecule has 2 rings (SSSR count). The predicted molar refractivity (Wildman–Crippen MR) is 35.0 cm³/mol. The van der Waals surface area contributed by atoms with E-state index in [1.807, 2.05) is 0 Å². The van der Waals surface area contributed by atoms with Gasteiger partial charge in [-0.05, 0) is 0 Å². The molecule has 5 nitrogen and oxygen atoms in total. The Balaban J connectivity index is 2.53. The van der Waals surface area contributed by atoms with Gasteiger partial charge in [-0.3, -0.25) is 0 Å². The van der Waals surface area contributed by atoms with Crippen LogP contribution in [0.4, 0.5) is 0 Å². The Morgan fingerprint density at radius 1 is 1.22 bits per heavy atom. The molecule has 0 radical (unpaired) electrons. The molecule has 0 aliphatic carbocycles. The van der Waals surface area contributed by atoms with E-state index >= 15 is 0 Å². The maximum Gasteiger partial charge on any atom is 0.224 e. The van der Waals surface area contributed by atoms with Crippen molar-refractivity contribution in [1.82, 2.24) is 0 Å². The summed E-state index contributed by atoms with van der Waals surface area (Å²) in [4.78, 5) is 15.1. The van der Waals surface area contributed by atoms with Gasteiger partial charge >= 0.3 is 0 Å². The first-order chi connectivity index (χ1) is 4.36. The van der Waals surface area contributed by atoms with E-state index in [2.05, 4.69) is 20.0 Å². The van der Waals surface area contributed by atoms with E-state index in [0.29, 0.717) is 11.7 Å². The van der Waals surface area contributed by atoms with Gasteiger partial charge in [0.25, 0.3) is 0 Å². The highest BCUT2D eigenvalue weighted by atomic mass is 15.2. The number of hydrogen-bond donors (Lipinski definition) is 1. The minimum atomic E-state index is 0.237. The summed E-state index contributed by atoms with van der Waals surface area (Å²) in [6.07, 6.45) is 1.41. The molecule has 0 saturated heterocycles. The Hall–Kier alpha value is -1.52. The van der Waals surface area contributed by atoms with Crippen LogP contribution in [-0.2, 0) is 0 Å². The molecule has 0 aromatic rings. The summed E-state index contributed by atoms with van der Waals surface area (Å²) in [6.45, 7) is 0. The lowest BCUT2D eigenvalue weighted by molar-refractivity contribution is 1.51. The van der Waals surface area contributed by atoms with E-state index in [-0.39, 0.29) is 5.96 Å². The molecule has 2 heterocycles. The average Bonchev–Trinajstić information content (AvgIpc) is 2.22. The summed E-state index contributed by atoms with van der Waals surface area (Å²) in [5.41, 5.74) is 5.23. The zero-order chi connectivity index (χ0) is 6.27. The molecule has 2 N–H and O–H groups in total. The van der Waals surface area contributed by atoms with Gasteiger partial charge in [-0.1, -0.05) is 0 Å². The van der Waals surface area contributed by atoms with E-state index in [0.717, 1.165) is 0 Å². The second kappa shape index (κ2) is 1.25. The van der Waals surface area contributed by atoms with Gasteiger partial charge < -0.3 is 5.73 Å². The lowest BCUT2D eigenvalue weighted by Gasteiger charge is -1.76. The fourth-order valence-corrected chi connectivity index (χ4v) is 0.653. The lowest BCUT2D eigenvalue weighted by Crippen LogP contribution is -2.04. The molecule has 0 aromatic carbocycles. The first-order valence-corrected chi connectivity index (χ1v) is 2.40. The number of aliphatic imine (C=N–C) groups is 4. The highest BCUT2D eigenvalue weighted by Crippen LogP contribution is 2.02. The maximum atomic E-state index is 5.23. The zero-order valence-electron chi connectivity index (χ0n) is 4.44. The summed E-state index contributed by atoms with van der Waals surface area (Å²) in [5, 5.41) is 0. The van der Waals surface area contributed by atoms with Gasteiger partial charge in [0.2, 0.25) is 17.6 Å². The molecular formula is C4H3N5. The number of fused-ring (bicyclic) bond motifs is 1. The largest absolute Gasteiger partial charge is 0.368 e. The number of hydrogen-bond acceptors (Lipinski definition) is 5. The highest BCUT2D eigenvalue weighted by Gasteiger charge is 2.17. The van der Waals surface area contributed by atoms with Gasteiger partial charge in [-0.15, -0.1) is 0 Å². The van der Waals surface area contributed by atoms with Crippen molar-refractivity contribution < 1.29 is 0 Å². The first-order valence-electron chi connectivity index (χ1n) is 2.40. The standard InChI is InChI=1S/C4H3N5/c5-4-8-2-3(9-4)7-1-6-2/h1H,(H2,5,6,7,8,9). The van der Waals surface area contributed by atoms with Gasteiger partial charge in [-0.2, -0.15) is 9.98 Å². The number of nitrogens with two attached hydrogens (primary N) is 1. The SMILES string of the molecule is NC1=NC2=NC=NC2=N1. The molecule has 0 saturated carbocycles. The van der Waals surface area contributed by atoms with Crippen molar-refractivity contribution in [3.63, 3.8) is 0 Å². The van der Waals surface area contributed by atoms with Gasteiger partial charge in [0.05, 0.1) is 0 Å². The van der Waals surface area contributed by atoms with Gasteiger partial charge in [0, 0.05) is 0 Å². The maximum absolute atomic E-state index is 5.23. The van der Waals surface area contributed by atoms with E-state index < -0.39 is 0 Å². The van der Waals surface area contributed by atoms with Crippen LogP contribution in [0, 0.1) is 0 Å². The van der Waals surface area contributed by atoms with Crippen molar-refractivity contribution in [3.05, 3.63) is 0 Å². The fraction of sp³-hybridized carbons (Fsp3) is 0. The second-order valence-electron chi connectivity index (χ2n) is 1.60. The molecule has 2 aliphatic rings. The molecule has 0 spiro atoms. The molecule has 0 unspecified atom stereocenters. The number of guanidine groups is 1. The third-order valence-corrected chi connectivity index (χ3v) is 1.00. The van der Waals surface area contributed by atoms with Crippen molar-refractivity contribution in [3.8, 4) is 0 Å². The molecule has 0 fully saturated rings. The van der Waals surface area contributed by atoms with E-state index in [9.17, 15) is 0 Å². The van der Waals surface area contributed by atoms with Crippen LogP contribution < -0.4 is 5.73 Å². The summed E-state index contributed by atoms with van der Waals surface area (Å²) in [6, 6.07) is 0. The minimum absolute atomic E-state index is 0.237. The summed E-state index contributed by atoms with van der Waals surface area (Å²) in [7, 11) is 0. The molecule has 0 amide bonds. The van der Waals surface area contributed by atoms with Crippen LogP contribution in [0.25, 0.3) is 0 Å². The summed E-state index contributed by atoms with van der Waals surface area (Å²) >= 11 is 0. The van der Waals surface area contributed by atoms with Gasteiger partial charge in [0.1, 0.15) is 6.34 Å². The quantitative estimate of drug-likeness (QED) is 0.445. The monoisotopic (exact) mass is 121 g/mol. The number of rotatable bonds is 0. The van der Waals surface area contributed by atoms with Gasteiger partial charge in [0.15, 0.2) is 0 Å². The molecule has 5 heteroatoms. The second-order valence-corrected chi connectivity index (χ2v) is 1.60. The predicted octanol–water partition coefficient (Wildman–Crippen LogP) is -0.846. The van der Waals surface area contributed by atoms with Gasteiger partial charge in [-0.25, -0.2) is 9.98 Å². The smallest absolute Gasteiger partial charge is 0.224 e. The molecular weight excluding hydrogens is 118 g/mol. The van der Waals surface area contributed by atoms with Crippen LogP contribution >= 0.6 is 0 Å². The Kier molecular flexibility index (Phi) is 0.606. The Labute approximate surface area is 50.7 Å². The highest BCUT2D eigenvalue weighted by molar-refractivity contribution is 6.50. The molecule has 2 aliphatic heterocycles. The minimum Gasteiger partial charge on any atom is -0.368 e. The number of amidine groups is 2. The topological polar surface area (TPSA) is 75.5 Å². The molecule has 44 valence electrons. The number of nitrogens with zero attached hydrogens (tertiary/aromatic N) is 4. The third kappa shape index (κ3) is 0.479. The van der Waals surface area contributed by atoms with E-state index in [4.69, 9.17) is 5.73 Å². The summed E-state index contributed by atoms with van der Waals surface area (Å²) < 4.78 is 0. The molecule has 9 heavy (non-hydrogen) atoms. The van der Waals surface area contributed by atoms with Crippen LogP contribution in [0.3, 0.4) is 0 Å². The lowest BCUT2D eigenvalue weighted by atomic mass is 10.6. The van der Waals surface area contributed by atoms with Crippen LogP contribution in [0.1, 0.15) is 0 Å². The van der Waals surface area contributed by atoms with Crippen molar-refractivity contribution in [1.29, 1.82) is 0 Å².